The summed E-state index contributed by atoms with van der Waals surface area (Å²) in [5.74, 6) is -0.536. The predicted molar refractivity (Wildman–Crippen MR) is 132 cm³/mol. The number of rotatable bonds is 3. The number of hydrogen-bond donors (Lipinski definition) is 0. The number of nitrogens with zero attached hydrogens (tertiary/aromatic N) is 3. The first-order chi connectivity index (χ1) is 16.5. The summed E-state index contributed by atoms with van der Waals surface area (Å²) >= 11 is 0. The molecule has 176 valence electrons. The summed E-state index contributed by atoms with van der Waals surface area (Å²) in [5, 5.41) is 0. The van der Waals surface area contributed by atoms with Crippen LogP contribution in [0.5, 0.6) is 0 Å². The van der Waals surface area contributed by atoms with Crippen molar-refractivity contribution in [2.45, 2.75) is 26.4 Å². The Bertz CT molecular complexity index is 1120. The molecule has 6 heteroatoms. The highest BCUT2D eigenvalue weighted by atomic mass is 19.1. The molecule has 0 unspecified atom stereocenters. The molecule has 0 aromatic heterocycles. The van der Waals surface area contributed by atoms with Crippen molar-refractivity contribution in [2.75, 3.05) is 31.1 Å². The highest BCUT2D eigenvalue weighted by Crippen LogP contribution is 2.24. The Labute approximate surface area is 200 Å². The maximum atomic E-state index is 13.5. The number of hydrogen-bond acceptors (Lipinski definition) is 3. The Morgan fingerprint density at radius 3 is 2.26 bits per heavy atom. The number of amides is 2. The van der Waals surface area contributed by atoms with E-state index in [9.17, 15) is 14.0 Å². The second-order valence-corrected chi connectivity index (χ2v) is 8.65. The number of carbonyl (C=O) groups is 2. The Hall–Kier alpha value is -3.51. The van der Waals surface area contributed by atoms with Crippen molar-refractivity contribution in [2.24, 2.45) is 0 Å². The first kappa shape index (κ1) is 23.6. The lowest BCUT2D eigenvalue weighted by molar-refractivity contribution is -0.116. The van der Waals surface area contributed by atoms with Crippen LogP contribution in [0.1, 0.15) is 34.8 Å². The highest BCUT2D eigenvalue weighted by Gasteiger charge is 2.23. The van der Waals surface area contributed by atoms with Crippen molar-refractivity contribution in [1.29, 1.82) is 0 Å². The zero-order valence-electron chi connectivity index (χ0n) is 19.5. The quantitative estimate of drug-likeness (QED) is 0.569. The molecule has 2 amide bonds. The van der Waals surface area contributed by atoms with E-state index in [1.165, 1.54) is 29.8 Å². The Balaban J connectivity index is 1.66. The third-order valence-electron chi connectivity index (χ3n) is 6.19. The number of para-hydroxylation sites is 1. The molecule has 4 rings (SSSR count). The van der Waals surface area contributed by atoms with Gasteiger partial charge in [-0.15, -0.1) is 0 Å². The van der Waals surface area contributed by atoms with Crippen LogP contribution in [-0.2, 0) is 17.9 Å². The first-order valence-electron chi connectivity index (χ1n) is 11.7. The van der Waals surface area contributed by atoms with Crippen LogP contribution in [-0.4, -0.2) is 47.8 Å². The maximum absolute atomic E-state index is 13.5. The van der Waals surface area contributed by atoms with E-state index in [-0.39, 0.29) is 17.6 Å². The fraction of sp³-hybridized carbons (Fsp3) is 0.286. The van der Waals surface area contributed by atoms with Gasteiger partial charge in [-0.25, -0.2) is 4.39 Å². The van der Waals surface area contributed by atoms with Gasteiger partial charge < -0.3 is 9.80 Å². The summed E-state index contributed by atoms with van der Waals surface area (Å²) in [6, 6.07) is 23.7. The molecule has 0 aliphatic carbocycles. The number of benzene rings is 3. The third-order valence-corrected chi connectivity index (χ3v) is 6.19. The van der Waals surface area contributed by atoms with E-state index in [0.717, 1.165) is 30.8 Å². The number of carbonyl (C=O) groups excluding carboxylic acids is 2. The highest BCUT2D eigenvalue weighted by molar-refractivity contribution is 5.95. The largest absolute Gasteiger partial charge is 0.333 e. The van der Waals surface area contributed by atoms with Crippen molar-refractivity contribution < 1.29 is 14.0 Å². The van der Waals surface area contributed by atoms with Gasteiger partial charge in [-0.2, -0.15) is 0 Å². The molecule has 34 heavy (non-hydrogen) atoms. The lowest BCUT2D eigenvalue weighted by atomic mass is 10.1. The summed E-state index contributed by atoms with van der Waals surface area (Å²) < 4.78 is 13.5. The minimum Gasteiger partial charge on any atom is -0.333 e. The van der Waals surface area contributed by atoms with Gasteiger partial charge in [0.05, 0.1) is 0 Å². The molecule has 0 spiro atoms. The Morgan fingerprint density at radius 1 is 0.824 bits per heavy atom. The predicted octanol–water partition coefficient (Wildman–Crippen LogP) is 4.73. The lowest BCUT2D eigenvalue weighted by Crippen LogP contribution is -2.38. The number of halogens is 1. The van der Waals surface area contributed by atoms with Gasteiger partial charge in [0.15, 0.2) is 0 Å². The molecule has 1 aliphatic rings. The lowest BCUT2D eigenvalue weighted by Gasteiger charge is -2.28. The van der Waals surface area contributed by atoms with E-state index in [1.54, 1.807) is 11.8 Å². The summed E-state index contributed by atoms with van der Waals surface area (Å²) in [6.07, 6.45) is 0.826. The molecule has 0 N–H and O–H groups in total. The standard InChI is InChI=1S/C28H30FN3O2/c1-22(33)32-17-7-16-30(20-23-8-3-2-4-9-23)18-19-31(21-25-10-5-6-11-27(25)32)28(34)24-12-14-26(29)15-13-24/h2-6,8-15H,7,16-21H2,1H3. The monoisotopic (exact) mass is 459 g/mol. The minimum atomic E-state index is -0.370. The Morgan fingerprint density at radius 2 is 1.53 bits per heavy atom. The minimum absolute atomic E-state index is 0.0160. The smallest absolute Gasteiger partial charge is 0.254 e. The van der Waals surface area contributed by atoms with E-state index < -0.39 is 0 Å². The van der Waals surface area contributed by atoms with Crippen LogP contribution in [0.15, 0.2) is 78.9 Å². The van der Waals surface area contributed by atoms with Gasteiger partial charge in [0.1, 0.15) is 5.82 Å². The van der Waals surface area contributed by atoms with E-state index in [0.29, 0.717) is 31.7 Å². The summed E-state index contributed by atoms with van der Waals surface area (Å²) in [7, 11) is 0. The Kier molecular flexibility index (Phi) is 7.70. The second kappa shape index (κ2) is 11.1. The maximum Gasteiger partial charge on any atom is 0.254 e. The molecular weight excluding hydrogens is 429 g/mol. The normalized spacial score (nSPS) is 15.4. The molecule has 1 heterocycles. The van der Waals surface area contributed by atoms with Gasteiger partial charge in [0.25, 0.3) is 5.91 Å². The van der Waals surface area contributed by atoms with Crippen molar-refractivity contribution in [1.82, 2.24) is 9.80 Å². The average Bonchev–Trinajstić information content (AvgIpc) is 2.88. The van der Waals surface area contributed by atoms with Gasteiger partial charge in [-0.1, -0.05) is 48.5 Å². The van der Waals surface area contributed by atoms with Gasteiger partial charge in [0.2, 0.25) is 5.91 Å². The zero-order valence-corrected chi connectivity index (χ0v) is 19.5. The fourth-order valence-electron chi connectivity index (χ4n) is 4.41. The molecule has 0 fully saturated rings. The molecule has 0 saturated carbocycles. The topological polar surface area (TPSA) is 43.9 Å². The molecule has 5 nitrogen and oxygen atoms in total. The van der Waals surface area contributed by atoms with Crippen molar-refractivity contribution in [3.05, 3.63) is 101 Å². The molecule has 0 radical (unpaired) electrons. The third kappa shape index (κ3) is 5.88. The number of anilines is 1. The van der Waals surface area contributed by atoms with Crippen LogP contribution >= 0.6 is 0 Å². The van der Waals surface area contributed by atoms with E-state index >= 15 is 0 Å². The second-order valence-electron chi connectivity index (χ2n) is 8.65. The summed E-state index contributed by atoms with van der Waals surface area (Å²) in [5.41, 5.74) is 3.42. The van der Waals surface area contributed by atoms with Crippen LogP contribution in [0.2, 0.25) is 0 Å². The van der Waals surface area contributed by atoms with Crippen LogP contribution in [0.25, 0.3) is 0 Å². The first-order valence-corrected chi connectivity index (χ1v) is 11.7. The van der Waals surface area contributed by atoms with E-state index in [4.69, 9.17) is 0 Å². The van der Waals surface area contributed by atoms with Crippen LogP contribution in [0, 0.1) is 5.82 Å². The molecule has 0 saturated heterocycles. The van der Waals surface area contributed by atoms with Gasteiger partial charge in [-0.3, -0.25) is 14.5 Å². The van der Waals surface area contributed by atoms with Gasteiger partial charge >= 0.3 is 0 Å². The van der Waals surface area contributed by atoms with E-state index in [1.807, 2.05) is 47.4 Å². The molecule has 3 aromatic carbocycles. The van der Waals surface area contributed by atoms with E-state index in [2.05, 4.69) is 17.0 Å². The number of fused-ring (bicyclic) bond motifs is 1. The van der Waals surface area contributed by atoms with Gasteiger partial charge in [0, 0.05) is 57.4 Å². The average molecular weight is 460 g/mol. The van der Waals surface area contributed by atoms with Crippen molar-refractivity contribution in [3.63, 3.8) is 0 Å². The molecule has 3 aromatic rings. The van der Waals surface area contributed by atoms with Gasteiger partial charge in [-0.05, 0) is 47.9 Å². The van der Waals surface area contributed by atoms with Crippen LogP contribution in [0.3, 0.4) is 0 Å². The van der Waals surface area contributed by atoms with Crippen LogP contribution in [0.4, 0.5) is 10.1 Å². The van der Waals surface area contributed by atoms with Crippen LogP contribution < -0.4 is 4.90 Å². The van der Waals surface area contributed by atoms with Crippen molar-refractivity contribution >= 4 is 17.5 Å². The molecule has 0 atom stereocenters. The zero-order chi connectivity index (χ0) is 23.9. The molecular formula is C28H30FN3O2. The molecule has 1 aliphatic heterocycles. The SMILES string of the molecule is CC(=O)N1CCCN(Cc2ccccc2)CCN(C(=O)c2ccc(F)cc2)Cc2ccccc21. The van der Waals surface area contributed by atoms with Crippen molar-refractivity contribution in [3.8, 4) is 0 Å². The molecule has 0 bridgehead atoms. The summed E-state index contributed by atoms with van der Waals surface area (Å²) in [4.78, 5) is 31.9. The fourth-order valence-corrected chi connectivity index (χ4v) is 4.41. The summed E-state index contributed by atoms with van der Waals surface area (Å²) in [6.45, 7) is 5.37.